The van der Waals surface area contributed by atoms with Gasteiger partial charge in [-0.3, -0.25) is 4.79 Å². The third-order valence-electron chi connectivity index (χ3n) is 6.79. The van der Waals surface area contributed by atoms with Crippen molar-refractivity contribution in [2.24, 2.45) is 5.92 Å². The number of oxazole rings is 1. The van der Waals surface area contributed by atoms with Gasteiger partial charge in [0.2, 0.25) is 5.89 Å². The van der Waals surface area contributed by atoms with Crippen LogP contribution in [-0.4, -0.2) is 22.7 Å². The van der Waals surface area contributed by atoms with Crippen molar-refractivity contribution in [3.63, 3.8) is 0 Å². The van der Waals surface area contributed by atoms with Gasteiger partial charge >= 0.3 is 5.97 Å². The Bertz CT molecular complexity index is 1120. The van der Waals surface area contributed by atoms with E-state index in [1.807, 2.05) is 31.2 Å². The first kappa shape index (κ1) is 23.1. The molecule has 1 aliphatic carbocycles. The number of aromatic nitrogens is 1. The van der Waals surface area contributed by atoms with Gasteiger partial charge < -0.3 is 14.3 Å². The van der Waals surface area contributed by atoms with Crippen molar-refractivity contribution in [3.8, 4) is 17.2 Å². The maximum Gasteiger partial charge on any atom is 0.307 e. The van der Waals surface area contributed by atoms with E-state index >= 15 is 0 Å². The summed E-state index contributed by atoms with van der Waals surface area (Å²) in [5, 5.41) is 9.74. The van der Waals surface area contributed by atoms with Gasteiger partial charge in [0, 0.05) is 12.0 Å². The van der Waals surface area contributed by atoms with Gasteiger partial charge in [0.1, 0.15) is 11.5 Å². The van der Waals surface area contributed by atoms with Crippen molar-refractivity contribution in [2.75, 3.05) is 6.61 Å². The van der Waals surface area contributed by atoms with Gasteiger partial charge in [-0.2, -0.15) is 0 Å². The van der Waals surface area contributed by atoms with Crippen LogP contribution >= 0.6 is 0 Å². The summed E-state index contributed by atoms with van der Waals surface area (Å²) in [5.74, 6) is 1.44. The number of carboxylic acids is 1. The van der Waals surface area contributed by atoms with Gasteiger partial charge in [0.15, 0.2) is 0 Å². The average Bonchev–Trinajstić information content (AvgIpc) is 3.37. The van der Waals surface area contributed by atoms with Crippen molar-refractivity contribution in [3.05, 3.63) is 70.6 Å². The van der Waals surface area contributed by atoms with E-state index < -0.39 is 5.97 Å². The van der Waals surface area contributed by atoms with Crippen molar-refractivity contribution in [1.29, 1.82) is 0 Å². The number of unbranched alkanes of at least 4 members (excludes halogenated alkanes) is 1. The van der Waals surface area contributed by atoms with Gasteiger partial charge in [0.25, 0.3) is 0 Å². The molecule has 0 fully saturated rings. The largest absolute Gasteiger partial charge is 0.493 e. The number of rotatable bonds is 10. The summed E-state index contributed by atoms with van der Waals surface area (Å²) in [5.41, 5.74) is 5.47. The third-order valence-corrected chi connectivity index (χ3v) is 6.79. The fourth-order valence-corrected chi connectivity index (χ4v) is 4.91. The van der Waals surface area contributed by atoms with Crippen LogP contribution in [0.3, 0.4) is 0 Å². The highest BCUT2D eigenvalue weighted by Crippen LogP contribution is 2.41. The number of aryl methyl sites for hydroxylation is 3. The van der Waals surface area contributed by atoms with Crippen LogP contribution in [0.1, 0.15) is 66.7 Å². The van der Waals surface area contributed by atoms with E-state index in [2.05, 4.69) is 32.0 Å². The lowest BCUT2D eigenvalue weighted by Gasteiger charge is -2.20. The molecule has 2 aromatic carbocycles. The van der Waals surface area contributed by atoms with Crippen molar-refractivity contribution >= 4 is 5.97 Å². The molecule has 0 radical (unpaired) electrons. The van der Waals surface area contributed by atoms with Gasteiger partial charge in [-0.1, -0.05) is 44.0 Å². The second-order valence-corrected chi connectivity index (χ2v) is 9.03. The maximum atomic E-state index is 11.8. The summed E-state index contributed by atoms with van der Waals surface area (Å²) in [6.45, 7) is 6.61. The number of fused-ring (bicyclic) bond motifs is 1. The van der Waals surface area contributed by atoms with Crippen molar-refractivity contribution in [2.45, 2.75) is 65.2 Å². The number of nitrogens with zero attached hydrogens (tertiary/aromatic N) is 1. The van der Waals surface area contributed by atoms with E-state index in [9.17, 15) is 9.90 Å². The molecule has 33 heavy (non-hydrogen) atoms. The van der Waals surface area contributed by atoms with Crippen LogP contribution in [0, 0.1) is 19.8 Å². The maximum absolute atomic E-state index is 11.8. The zero-order valence-corrected chi connectivity index (χ0v) is 19.8. The Labute approximate surface area is 195 Å². The number of carboxylic acid groups (broad SMARTS) is 1. The van der Waals surface area contributed by atoms with Crippen LogP contribution < -0.4 is 4.74 Å². The second kappa shape index (κ2) is 10.2. The lowest BCUT2D eigenvalue weighted by atomic mass is 9.84. The first-order valence-electron chi connectivity index (χ1n) is 12.0. The summed E-state index contributed by atoms with van der Waals surface area (Å²) < 4.78 is 12.0. The quantitative estimate of drug-likeness (QED) is 0.384. The zero-order chi connectivity index (χ0) is 23.4. The number of carbonyl (C=O) groups is 1. The van der Waals surface area contributed by atoms with Crippen molar-refractivity contribution in [1.82, 2.24) is 4.98 Å². The minimum atomic E-state index is -0.672. The van der Waals surface area contributed by atoms with E-state index in [-0.39, 0.29) is 11.8 Å². The number of ether oxygens (including phenoxy) is 1. The molecule has 4 rings (SSSR count). The van der Waals surface area contributed by atoms with Crippen LogP contribution in [-0.2, 0) is 17.6 Å². The molecule has 5 heteroatoms. The van der Waals surface area contributed by atoms with Gasteiger partial charge in [-0.05, 0) is 73.9 Å². The predicted molar refractivity (Wildman–Crippen MR) is 129 cm³/mol. The Balaban J connectivity index is 1.39. The van der Waals surface area contributed by atoms with Gasteiger partial charge in [-0.25, -0.2) is 4.98 Å². The zero-order valence-electron chi connectivity index (χ0n) is 19.8. The highest BCUT2D eigenvalue weighted by Gasteiger charge is 2.34. The lowest BCUT2D eigenvalue weighted by Crippen LogP contribution is -2.20. The van der Waals surface area contributed by atoms with E-state index in [0.29, 0.717) is 18.9 Å². The normalized spacial score (nSPS) is 15.9. The molecule has 0 saturated carbocycles. The Hall–Kier alpha value is -3.08. The summed E-state index contributed by atoms with van der Waals surface area (Å²) in [7, 11) is 0. The molecule has 1 aliphatic rings. The molecule has 0 aliphatic heterocycles. The molecule has 1 aromatic heterocycles. The van der Waals surface area contributed by atoms with E-state index in [0.717, 1.165) is 60.4 Å². The monoisotopic (exact) mass is 447 g/mol. The highest BCUT2D eigenvalue weighted by molar-refractivity contribution is 5.72. The molecule has 2 unspecified atom stereocenters. The Morgan fingerprint density at radius 3 is 2.82 bits per heavy atom. The molecule has 3 aromatic rings. The second-order valence-electron chi connectivity index (χ2n) is 9.03. The Morgan fingerprint density at radius 1 is 1.24 bits per heavy atom. The summed E-state index contributed by atoms with van der Waals surface area (Å²) in [4.78, 5) is 16.5. The molecule has 5 nitrogen and oxygen atoms in total. The molecular weight excluding hydrogens is 414 g/mol. The third kappa shape index (κ3) is 5.13. The van der Waals surface area contributed by atoms with Crippen LogP contribution in [0.5, 0.6) is 5.75 Å². The first-order chi connectivity index (χ1) is 16.0. The van der Waals surface area contributed by atoms with Crippen LogP contribution in [0.15, 0.2) is 46.9 Å². The predicted octanol–water partition coefficient (Wildman–Crippen LogP) is 6.50. The number of hydrogen-bond donors (Lipinski definition) is 1. The fourth-order valence-electron chi connectivity index (χ4n) is 4.91. The van der Waals surface area contributed by atoms with E-state index in [1.165, 1.54) is 11.1 Å². The first-order valence-corrected chi connectivity index (χ1v) is 12.0. The van der Waals surface area contributed by atoms with Crippen molar-refractivity contribution < 1.29 is 19.1 Å². The van der Waals surface area contributed by atoms with Crippen LogP contribution in [0.4, 0.5) is 0 Å². The summed E-state index contributed by atoms with van der Waals surface area (Å²) >= 11 is 0. The average molecular weight is 448 g/mol. The highest BCUT2D eigenvalue weighted by atomic mass is 16.5. The van der Waals surface area contributed by atoms with Crippen LogP contribution in [0.25, 0.3) is 11.5 Å². The standard InChI is InChI=1S/C28H33NO4/c1-4-5-9-25(28(30)31)24-13-11-20-17-21(12-14-23(20)24)32-16-15-26-19(3)33-27(29-26)22-10-7-6-8-18(22)2/h6-8,10,12,14,17,24-25H,4-5,9,11,13,15-16H2,1-3H3,(H,30,31). The summed E-state index contributed by atoms with van der Waals surface area (Å²) in [6, 6.07) is 14.2. The smallest absolute Gasteiger partial charge is 0.307 e. The Kier molecular flexibility index (Phi) is 7.17. The molecule has 0 saturated heterocycles. The molecule has 0 amide bonds. The molecule has 174 valence electrons. The minimum absolute atomic E-state index is 0.107. The van der Waals surface area contributed by atoms with Crippen LogP contribution in [0.2, 0.25) is 0 Å². The minimum Gasteiger partial charge on any atom is -0.493 e. The number of aliphatic carboxylic acids is 1. The Morgan fingerprint density at radius 2 is 2.06 bits per heavy atom. The molecule has 2 atom stereocenters. The van der Waals surface area contributed by atoms with E-state index in [1.54, 1.807) is 0 Å². The SMILES string of the molecule is CCCCC(C(=O)O)C1CCc2cc(OCCc3nc(-c4ccccc4C)oc3C)ccc21. The topological polar surface area (TPSA) is 72.6 Å². The van der Waals surface area contributed by atoms with E-state index in [4.69, 9.17) is 14.1 Å². The summed E-state index contributed by atoms with van der Waals surface area (Å²) in [6.07, 6.45) is 5.20. The fraction of sp³-hybridized carbons (Fsp3) is 0.429. The van der Waals surface area contributed by atoms with Gasteiger partial charge in [-0.15, -0.1) is 0 Å². The molecule has 1 heterocycles. The lowest BCUT2D eigenvalue weighted by molar-refractivity contribution is -0.142. The molecule has 0 spiro atoms. The number of benzene rings is 2. The number of hydrogen-bond acceptors (Lipinski definition) is 4. The van der Waals surface area contributed by atoms with Gasteiger partial charge in [0.05, 0.1) is 18.2 Å². The molecular formula is C28H33NO4. The molecule has 1 N–H and O–H groups in total. The molecule has 0 bridgehead atoms.